The van der Waals surface area contributed by atoms with Crippen LogP contribution < -0.4 is 10.6 Å². The molecule has 88 valence electrons. The van der Waals surface area contributed by atoms with E-state index in [9.17, 15) is 4.39 Å². The molecule has 0 saturated heterocycles. The molecule has 0 heterocycles. The smallest absolute Gasteiger partial charge is 0.148 e. The minimum atomic E-state index is -0.315. The fourth-order valence-corrected chi connectivity index (χ4v) is 2.19. The molecule has 2 N–H and O–H groups in total. The van der Waals surface area contributed by atoms with Crippen molar-refractivity contribution < 1.29 is 4.39 Å². The van der Waals surface area contributed by atoms with Gasteiger partial charge in [-0.2, -0.15) is 0 Å². The van der Waals surface area contributed by atoms with Gasteiger partial charge in [0.25, 0.3) is 0 Å². The van der Waals surface area contributed by atoms with Crippen LogP contribution in [-0.2, 0) is 0 Å². The molecule has 1 aromatic carbocycles. The van der Waals surface area contributed by atoms with Crippen LogP contribution >= 0.6 is 0 Å². The van der Waals surface area contributed by atoms with Gasteiger partial charge in [0, 0.05) is 13.1 Å². The molecule has 0 amide bonds. The van der Waals surface area contributed by atoms with Crippen LogP contribution in [0.3, 0.4) is 0 Å². The van der Waals surface area contributed by atoms with Crippen molar-refractivity contribution in [2.45, 2.75) is 26.2 Å². The minimum absolute atomic E-state index is 0.281. The summed E-state index contributed by atoms with van der Waals surface area (Å²) in [6.07, 6.45) is 3.93. The Morgan fingerprint density at radius 3 is 2.75 bits per heavy atom. The van der Waals surface area contributed by atoms with E-state index >= 15 is 0 Å². The van der Waals surface area contributed by atoms with Crippen LogP contribution in [0.5, 0.6) is 0 Å². The molecule has 1 fully saturated rings. The number of halogens is 1. The van der Waals surface area contributed by atoms with Gasteiger partial charge in [0.1, 0.15) is 5.82 Å². The first kappa shape index (κ1) is 11.2. The van der Waals surface area contributed by atoms with Gasteiger partial charge in [-0.15, -0.1) is 0 Å². The molecular formula is C13H19FN2. The highest BCUT2D eigenvalue weighted by Gasteiger charge is 2.21. The number of hydrogen-bond acceptors (Lipinski definition) is 2. The van der Waals surface area contributed by atoms with Crippen LogP contribution in [0.25, 0.3) is 0 Å². The zero-order valence-corrected chi connectivity index (χ0v) is 9.75. The van der Waals surface area contributed by atoms with Gasteiger partial charge in [-0.25, -0.2) is 4.39 Å². The fraction of sp³-hybridized carbons (Fsp3) is 0.538. The topological polar surface area (TPSA) is 29.3 Å². The van der Waals surface area contributed by atoms with E-state index in [1.54, 1.807) is 6.07 Å². The van der Waals surface area contributed by atoms with E-state index in [0.717, 1.165) is 24.7 Å². The van der Waals surface area contributed by atoms with Crippen LogP contribution in [-0.4, -0.2) is 13.1 Å². The highest BCUT2D eigenvalue weighted by atomic mass is 19.1. The van der Waals surface area contributed by atoms with Gasteiger partial charge in [-0.05, 0) is 37.8 Å². The van der Waals surface area contributed by atoms with Crippen LogP contribution in [0.15, 0.2) is 18.2 Å². The number of anilines is 2. The van der Waals surface area contributed by atoms with Crippen LogP contribution in [0.2, 0.25) is 0 Å². The molecule has 0 aliphatic heterocycles. The summed E-state index contributed by atoms with van der Waals surface area (Å²) in [6.45, 7) is 3.97. The Kier molecular flexibility index (Phi) is 3.32. The van der Waals surface area contributed by atoms with Crippen LogP contribution in [0, 0.1) is 11.7 Å². The number of rotatable bonds is 4. The molecule has 1 aliphatic carbocycles. The summed E-state index contributed by atoms with van der Waals surface area (Å²) in [5, 5.41) is 0. The lowest BCUT2D eigenvalue weighted by molar-refractivity contribution is 0.318. The van der Waals surface area contributed by atoms with Gasteiger partial charge in [0.15, 0.2) is 0 Å². The zero-order chi connectivity index (χ0) is 11.5. The summed E-state index contributed by atoms with van der Waals surface area (Å²) in [6, 6.07) is 5.04. The second-order valence-electron chi connectivity index (χ2n) is 4.51. The van der Waals surface area contributed by atoms with Crippen LogP contribution in [0.4, 0.5) is 15.8 Å². The normalized spacial score (nSPS) is 15.9. The van der Waals surface area contributed by atoms with E-state index in [2.05, 4.69) is 11.8 Å². The number of nitrogens with two attached hydrogens (primary N) is 1. The molecule has 1 aliphatic rings. The van der Waals surface area contributed by atoms with Gasteiger partial charge in [0.05, 0.1) is 11.4 Å². The Labute approximate surface area is 96.2 Å². The Morgan fingerprint density at radius 1 is 1.44 bits per heavy atom. The number of nitrogens with zero attached hydrogens (tertiary/aromatic N) is 1. The lowest BCUT2D eigenvalue weighted by Crippen LogP contribution is -2.33. The van der Waals surface area contributed by atoms with Crippen molar-refractivity contribution in [3.8, 4) is 0 Å². The van der Waals surface area contributed by atoms with E-state index in [4.69, 9.17) is 5.73 Å². The monoisotopic (exact) mass is 222 g/mol. The molecule has 0 spiro atoms. The Balaban J connectivity index is 2.15. The molecular weight excluding hydrogens is 203 g/mol. The van der Waals surface area contributed by atoms with Gasteiger partial charge in [-0.3, -0.25) is 0 Å². The quantitative estimate of drug-likeness (QED) is 0.793. The predicted molar refractivity (Wildman–Crippen MR) is 66.0 cm³/mol. The highest BCUT2D eigenvalue weighted by Crippen LogP contribution is 2.31. The number of para-hydroxylation sites is 1. The van der Waals surface area contributed by atoms with E-state index < -0.39 is 0 Å². The summed E-state index contributed by atoms with van der Waals surface area (Å²) < 4.78 is 13.4. The first-order valence-electron chi connectivity index (χ1n) is 6.01. The molecule has 2 nitrogen and oxygen atoms in total. The molecule has 0 aromatic heterocycles. The fourth-order valence-electron chi connectivity index (χ4n) is 2.19. The first-order valence-corrected chi connectivity index (χ1v) is 6.01. The molecule has 0 bridgehead atoms. The third-order valence-corrected chi connectivity index (χ3v) is 3.46. The largest absolute Gasteiger partial charge is 0.395 e. The third-order valence-electron chi connectivity index (χ3n) is 3.46. The molecule has 1 saturated carbocycles. The molecule has 0 unspecified atom stereocenters. The van der Waals surface area contributed by atoms with Crippen molar-refractivity contribution in [2.75, 3.05) is 23.7 Å². The van der Waals surface area contributed by atoms with E-state index in [1.807, 2.05) is 6.07 Å². The van der Waals surface area contributed by atoms with Crippen molar-refractivity contribution in [1.29, 1.82) is 0 Å². The van der Waals surface area contributed by atoms with Crippen molar-refractivity contribution in [2.24, 2.45) is 5.92 Å². The van der Waals surface area contributed by atoms with Gasteiger partial charge < -0.3 is 10.6 Å². The summed E-state index contributed by atoms with van der Waals surface area (Å²) in [5.74, 6) is 0.451. The molecule has 3 heteroatoms. The predicted octanol–water partition coefficient (Wildman–Crippen LogP) is 3.03. The number of hydrogen-bond donors (Lipinski definition) is 1. The average Bonchev–Trinajstić information content (AvgIpc) is 2.22. The Bertz CT molecular complexity index is 361. The lowest BCUT2D eigenvalue weighted by Gasteiger charge is -2.33. The number of nitrogen functional groups attached to an aromatic ring is 1. The van der Waals surface area contributed by atoms with Gasteiger partial charge in [0.2, 0.25) is 0 Å². The van der Waals surface area contributed by atoms with Crippen molar-refractivity contribution >= 4 is 11.4 Å². The molecule has 0 atom stereocenters. The summed E-state index contributed by atoms with van der Waals surface area (Å²) in [5.41, 5.74) is 6.90. The standard InChI is InChI=1S/C13H19FN2/c1-2-16(9-10-5-3-6-10)12-8-4-7-11(14)13(12)15/h4,7-8,10H,2-3,5-6,9,15H2,1H3. The summed E-state index contributed by atoms with van der Waals surface area (Å²) >= 11 is 0. The lowest BCUT2D eigenvalue weighted by atomic mass is 9.85. The van der Waals surface area contributed by atoms with Crippen molar-refractivity contribution in [3.05, 3.63) is 24.0 Å². The zero-order valence-electron chi connectivity index (χ0n) is 9.75. The second kappa shape index (κ2) is 4.73. The van der Waals surface area contributed by atoms with E-state index in [0.29, 0.717) is 0 Å². The summed E-state index contributed by atoms with van der Waals surface area (Å²) in [4.78, 5) is 2.18. The highest BCUT2D eigenvalue weighted by molar-refractivity contribution is 5.68. The molecule has 2 rings (SSSR count). The van der Waals surface area contributed by atoms with E-state index in [1.165, 1.54) is 25.3 Å². The molecule has 1 aromatic rings. The van der Waals surface area contributed by atoms with Gasteiger partial charge in [-0.1, -0.05) is 12.5 Å². The third kappa shape index (κ3) is 2.13. The Morgan fingerprint density at radius 2 is 2.19 bits per heavy atom. The van der Waals surface area contributed by atoms with E-state index in [-0.39, 0.29) is 11.5 Å². The van der Waals surface area contributed by atoms with Crippen LogP contribution in [0.1, 0.15) is 26.2 Å². The molecule has 16 heavy (non-hydrogen) atoms. The second-order valence-corrected chi connectivity index (χ2v) is 4.51. The SMILES string of the molecule is CCN(CC1CCC1)c1cccc(F)c1N. The maximum absolute atomic E-state index is 13.4. The maximum atomic E-state index is 13.4. The van der Waals surface area contributed by atoms with Crippen molar-refractivity contribution in [3.63, 3.8) is 0 Å². The first-order chi connectivity index (χ1) is 7.72. The maximum Gasteiger partial charge on any atom is 0.148 e. The summed E-state index contributed by atoms with van der Waals surface area (Å²) in [7, 11) is 0. The number of benzene rings is 1. The minimum Gasteiger partial charge on any atom is -0.395 e. The molecule has 0 radical (unpaired) electrons. The van der Waals surface area contributed by atoms with Gasteiger partial charge >= 0.3 is 0 Å². The van der Waals surface area contributed by atoms with Crippen molar-refractivity contribution in [1.82, 2.24) is 0 Å². The Hall–Kier alpha value is -1.25. The average molecular weight is 222 g/mol.